The van der Waals surface area contributed by atoms with Gasteiger partial charge in [0.1, 0.15) is 11.4 Å². The number of ether oxygens (including phenoxy) is 1. The molecule has 2 heterocycles. The number of aryl methyl sites for hydroxylation is 3. The van der Waals surface area contributed by atoms with Crippen LogP contribution in [0.15, 0.2) is 36.5 Å². The molecule has 0 spiro atoms. The molecule has 0 fully saturated rings. The molecular weight excluding hydrogens is 260 g/mol. The van der Waals surface area contributed by atoms with Gasteiger partial charge in [-0.25, -0.2) is 4.98 Å². The van der Waals surface area contributed by atoms with Crippen molar-refractivity contribution in [2.75, 3.05) is 6.61 Å². The third-order valence-electron chi connectivity index (χ3n) is 3.79. The third-order valence-corrected chi connectivity index (χ3v) is 3.79. The SMILES string of the molecule is CCOc1cc(C)c(-c2cn3c(C)cccc3n2)cc1C. The number of nitrogens with zero attached hydrogens (tertiary/aromatic N) is 2. The molecule has 0 saturated carbocycles. The molecule has 21 heavy (non-hydrogen) atoms. The highest BCUT2D eigenvalue weighted by Gasteiger charge is 2.11. The van der Waals surface area contributed by atoms with Crippen LogP contribution in [0.2, 0.25) is 0 Å². The molecule has 3 aromatic rings. The van der Waals surface area contributed by atoms with Crippen molar-refractivity contribution in [2.24, 2.45) is 0 Å². The Bertz CT molecular complexity index is 802. The maximum absolute atomic E-state index is 5.66. The van der Waals surface area contributed by atoms with Gasteiger partial charge in [0, 0.05) is 17.5 Å². The summed E-state index contributed by atoms with van der Waals surface area (Å²) in [4.78, 5) is 4.74. The van der Waals surface area contributed by atoms with E-state index < -0.39 is 0 Å². The van der Waals surface area contributed by atoms with E-state index >= 15 is 0 Å². The zero-order valence-electron chi connectivity index (χ0n) is 13.0. The van der Waals surface area contributed by atoms with Crippen molar-refractivity contribution in [1.82, 2.24) is 9.38 Å². The second kappa shape index (κ2) is 5.24. The number of hydrogen-bond acceptors (Lipinski definition) is 2. The average molecular weight is 280 g/mol. The van der Waals surface area contributed by atoms with E-state index in [1.54, 1.807) is 0 Å². The zero-order valence-corrected chi connectivity index (χ0v) is 13.0. The van der Waals surface area contributed by atoms with Crippen LogP contribution in [0.25, 0.3) is 16.9 Å². The molecule has 0 aliphatic carbocycles. The molecule has 0 atom stereocenters. The minimum atomic E-state index is 0.688. The van der Waals surface area contributed by atoms with Crippen LogP contribution in [0, 0.1) is 20.8 Å². The van der Waals surface area contributed by atoms with E-state index in [9.17, 15) is 0 Å². The Hall–Kier alpha value is -2.29. The Morgan fingerprint density at radius 1 is 1.10 bits per heavy atom. The quantitative estimate of drug-likeness (QED) is 0.714. The third kappa shape index (κ3) is 2.40. The molecule has 3 rings (SSSR count). The molecule has 0 amide bonds. The van der Waals surface area contributed by atoms with Crippen LogP contribution >= 0.6 is 0 Å². The van der Waals surface area contributed by atoms with Crippen LogP contribution in [0.1, 0.15) is 23.7 Å². The van der Waals surface area contributed by atoms with Crippen LogP contribution in [-0.4, -0.2) is 16.0 Å². The predicted molar refractivity (Wildman–Crippen MR) is 86.0 cm³/mol. The summed E-state index contributed by atoms with van der Waals surface area (Å²) in [5.41, 5.74) is 6.67. The predicted octanol–water partition coefficient (Wildman–Crippen LogP) is 4.33. The summed E-state index contributed by atoms with van der Waals surface area (Å²) in [6.45, 7) is 8.97. The number of pyridine rings is 1. The van der Waals surface area contributed by atoms with Crippen molar-refractivity contribution >= 4 is 5.65 Å². The van der Waals surface area contributed by atoms with E-state index in [0.717, 1.165) is 22.7 Å². The van der Waals surface area contributed by atoms with Gasteiger partial charge in [0.25, 0.3) is 0 Å². The van der Waals surface area contributed by atoms with Crippen molar-refractivity contribution in [3.8, 4) is 17.0 Å². The lowest BCUT2D eigenvalue weighted by Crippen LogP contribution is -1.96. The summed E-state index contributed by atoms with van der Waals surface area (Å²) in [7, 11) is 0. The number of aromatic nitrogens is 2. The Morgan fingerprint density at radius 2 is 1.90 bits per heavy atom. The molecule has 1 aromatic carbocycles. The van der Waals surface area contributed by atoms with E-state index in [0.29, 0.717) is 6.61 Å². The molecular formula is C18H20N2O. The van der Waals surface area contributed by atoms with Gasteiger partial charge in [0.2, 0.25) is 0 Å². The highest BCUT2D eigenvalue weighted by atomic mass is 16.5. The van der Waals surface area contributed by atoms with Crippen molar-refractivity contribution in [1.29, 1.82) is 0 Å². The zero-order chi connectivity index (χ0) is 15.0. The summed E-state index contributed by atoms with van der Waals surface area (Å²) < 4.78 is 7.79. The van der Waals surface area contributed by atoms with Gasteiger partial charge in [0.05, 0.1) is 12.3 Å². The van der Waals surface area contributed by atoms with Crippen LogP contribution in [0.5, 0.6) is 5.75 Å². The molecule has 0 N–H and O–H groups in total. The standard InChI is InChI=1S/C18H20N2O/c1-5-21-17-10-12(2)15(9-13(17)3)16-11-20-14(4)7-6-8-18(20)19-16/h6-11H,5H2,1-4H3. The van der Waals surface area contributed by atoms with E-state index in [2.05, 4.69) is 49.6 Å². The van der Waals surface area contributed by atoms with Crippen LogP contribution in [0.4, 0.5) is 0 Å². The van der Waals surface area contributed by atoms with E-state index in [1.807, 2.05) is 19.1 Å². The summed E-state index contributed by atoms with van der Waals surface area (Å²) in [5, 5.41) is 0. The Labute approximate surface area is 125 Å². The molecule has 3 heteroatoms. The topological polar surface area (TPSA) is 26.5 Å². The molecule has 108 valence electrons. The molecule has 0 bridgehead atoms. The van der Waals surface area contributed by atoms with E-state index in [1.165, 1.54) is 16.8 Å². The van der Waals surface area contributed by atoms with Gasteiger partial charge in [-0.05, 0) is 63.1 Å². The first-order valence-corrected chi connectivity index (χ1v) is 7.29. The monoisotopic (exact) mass is 280 g/mol. The number of benzene rings is 1. The Balaban J connectivity index is 2.14. The Kier molecular flexibility index (Phi) is 3.42. The van der Waals surface area contributed by atoms with Crippen molar-refractivity contribution in [2.45, 2.75) is 27.7 Å². The van der Waals surface area contributed by atoms with Crippen molar-refractivity contribution < 1.29 is 4.74 Å². The minimum Gasteiger partial charge on any atom is -0.494 e. The van der Waals surface area contributed by atoms with Crippen LogP contribution in [-0.2, 0) is 0 Å². The van der Waals surface area contributed by atoms with Gasteiger partial charge in [-0.15, -0.1) is 0 Å². The maximum Gasteiger partial charge on any atom is 0.137 e. The normalized spacial score (nSPS) is 11.0. The maximum atomic E-state index is 5.66. The lowest BCUT2D eigenvalue weighted by molar-refractivity contribution is 0.337. The smallest absolute Gasteiger partial charge is 0.137 e. The lowest BCUT2D eigenvalue weighted by atomic mass is 10.0. The van der Waals surface area contributed by atoms with Crippen LogP contribution in [0.3, 0.4) is 0 Å². The largest absolute Gasteiger partial charge is 0.494 e. The van der Waals surface area contributed by atoms with E-state index in [-0.39, 0.29) is 0 Å². The highest BCUT2D eigenvalue weighted by Crippen LogP contribution is 2.30. The van der Waals surface area contributed by atoms with Gasteiger partial charge < -0.3 is 9.14 Å². The van der Waals surface area contributed by atoms with Crippen LogP contribution < -0.4 is 4.74 Å². The first-order valence-electron chi connectivity index (χ1n) is 7.29. The Morgan fingerprint density at radius 3 is 2.62 bits per heavy atom. The second-order valence-corrected chi connectivity index (χ2v) is 5.39. The van der Waals surface area contributed by atoms with Gasteiger partial charge in [-0.3, -0.25) is 0 Å². The number of fused-ring (bicyclic) bond motifs is 1. The van der Waals surface area contributed by atoms with Crippen molar-refractivity contribution in [3.63, 3.8) is 0 Å². The average Bonchev–Trinajstić information content (AvgIpc) is 2.88. The molecule has 2 aromatic heterocycles. The molecule has 0 radical (unpaired) electrons. The van der Waals surface area contributed by atoms with Gasteiger partial charge in [-0.1, -0.05) is 6.07 Å². The summed E-state index contributed by atoms with van der Waals surface area (Å²) >= 11 is 0. The second-order valence-electron chi connectivity index (χ2n) is 5.39. The molecule has 0 aliphatic rings. The molecule has 0 saturated heterocycles. The molecule has 0 unspecified atom stereocenters. The summed E-state index contributed by atoms with van der Waals surface area (Å²) in [6.07, 6.45) is 2.10. The molecule has 0 aliphatic heterocycles. The fraction of sp³-hybridized carbons (Fsp3) is 0.278. The first-order chi connectivity index (χ1) is 10.1. The summed E-state index contributed by atoms with van der Waals surface area (Å²) in [5.74, 6) is 0.957. The van der Waals surface area contributed by atoms with E-state index in [4.69, 9.17) is 9.72 Å². The van der Waals surface area contributed by atoms with Crippen molar-refractivity contribution in [3.05, 3.63) is 53.3 Å². The van der Waals surface area contributed by atoms with Gasteiger partial charge in [-0.2, -0.15) is 0 Å². The molecule has 3 nitrogen and oxygen atoms in total. The lowest BCUT2D eigenvalue weighted by Gasteiger charge is -2.11. The highest BCUT2D eigenvalue weighted by molar-refractivity contribution is 5.68. The fourth-order valence-electron chi connectivity index (χ4n) is 2.65. The number of imidazole rings is 1. The minimum absolute atomic E-state index is 0.688. The number of rotatable bonds is 3. The fourth-order valence-corrected chi connectivity index (χ4v) is 2.65. The summed E-state index contributed by atoms with van der Waals surface area (Å²) in [6, 6.07) is 10.4. The van der Waals surface area contributed by atoms with Gasteiger partial charge in [0.15, 0.2) is 0 Å². The first kappa shape index (κ1) is 13.7. The van der Waals surface area contributed by atoms with Gasteiger partial charge >= 0.3 is 0 Å². The number of hydrogen-bond donors (Lipinski definition) is 0.